The van der Waals surface area contributed by atoms with E-state index in [4.69, 9.17) is 0 Å². The standard InChI is InChI=1S/C18H15BrN4O3/c19-5-2-6-21-18(26)11-3-1-4-12(7-11)23-14-8-15(24)16-13(17(14)25)9-20-10-22-16/h1,3-4,7-10,23H,2,5-6H2,(H,21,26). The molecule has 0 atom stereocenters. The number of aromatic nitrogens is 2. The maximum Gasteiger partial charge on any atom is 0.251 e. The van der Waals surface area contributed by atoms with Gasteiger partial charge in [-0.25, -0.2) is 9.97 Å². The molecule has 0 saturated heterocycles. The molecule has 2 N–H and O–H groups in total. The topological polar surface area (TPSA) is 101 Å². The fourth-order valence-electron chi connectivity index (χ4n) is 2.46. The van der Waals surface area contributed by atoms with Crippen LogP contribution in [0.15, 0.2) is 48.6 Å². The number of carbonyl (C=O) groups excluding carboxylic acids is 3. The molecule has 1 heterocycles. The fourth-order valence-corrected chi connectivity index (χ4v) is 2.74. The van der Waals surface area contributed by atoms with E-state index < -0.39 is 0 Å². The smallest absolute Gasteiger partial charge is 0.251 e. The van der Waals surface area contributed by atoms with Crippen LogP contribution < -0.4 is 10.6 Å². The molecule has 7 nitrogen and oxygen atoms in total. The number of anilines is 1. The molecule has 26 heavy (non-hydrogen) atoms. The number of nitrogens with one attached hydrogen (secondary N) is 2. The first-order chi connectivity index (χ1) is 12.6. The summed E-state index contributed by atoms with van der Waals surface area (Å²) in [5.41, 5.74) is 1.37. The molecule has 1 aromatic heterocycles. The molecule has 1 aliphatic rings. The number of allylic oxidation sites excluding steroid dienone is 2. The van der Waals surface area contributed by atoms with Gasteiger partial charge >= 0.3 is 0 Å². The highest BCUT2D eigenvalue weighted by molar-refractivity contribution is 9.09. The number of fused-ring (bicyclic) bond motifs is 1. The zero-order chi connectivity index (χ0) is 18.5. The molecule has 0 saturated carbocycles. The molecule has 0 unspecified atom stereocenters. The van der Waals surface area contributed by atoms with Crippen LogP contribution in [0, 0.1) is 0 Å². The molecule has 0 radical (unpaired) electrons. The number of ketones is 2. The highest BCUT2D eigenvalue weighted by atomic mass is 79.9. The molecule has 0 aliphatic heterocycles. The zero-order valence-corrected chi connectivity index (χ0v) is 15.2. The van der Waals surface area contributed by atoms with Crippen LogP contribution in [0.3, 0.4) is 0 Å². The Morgan fingerprint density at radius 3 is 2.88 bits per heavy atom. The fraction of sp³-hybridized carbons (Fsp3) is 0.167. The van der Waals surface area contributed by atoms with E-state index in [9.17, 15) is 14.4 Å². The first-order valence-corrected chi connectivity index (χ1v) is 9.04. The van der Waals surface area contributed by atoms with Crippen LogP contribution in [-0.4, -0.2) is 39.3 Å². The van der Waals surface area contributed by atoms with Crippen molar-refractivity contribution in [2.24, 2.45) is 0 Å². The van der Waals surface area contributed by atoms with Gasteiger partial charge in [0.2, 0.25) is 11.6 Å². The number of hydrogen-bond acceptors (Lipinski definition) is 6. The van der Waals surface area contributed by atoms with Gasteiger partial charge in [-0.15, -0.1) is 0 Å². The minimum Gasteiger partial charge on any atom is -0.352 e. The summed E-state index contributed by atoms with van der Waals surface area (Å²) in [6, 6.07) is 6.72. The Labute approximate surface area is 158 Å². The highest BCUT2D eigenvalue weighted by Crippen LogP contribution is 2.21. The van der Waals surface area contributed by atoms with Gasteiger partial charge in [-0.1, -0.05) is 22.0 Å². The Kier molecular flexibility index (Phi) is 5.52. The Morgan fingerprint density at radius 1 is 1.23 bits per heavy atom. The number of nitrogens with zero attached hydrogens (tertiary/aromatic N) is 2. The number of Topliss-reactive ketones (excluding diaryl/α,β-unsaturated/α-hetero) is 1. The van der Waals surface area contributed by atoms with Crippen molar-refractivity contribution >= 4 is 39.1 Å². The summed E-state index contributed by atoms with van der Waals surface area (Å²) in [5.74, 6) is -0.936. The van der Waals surface area contributed by atoms with E-state index in [0.29, 0.717) is 17.8 Å². The SMILES string of the molecule is O=C(NCCCBr)c1cccc(NC2=CC(=O)c3ncncc3C2=O)c1. The molecule has 2 aromatic rings. The lowest BCUT2D eigenvalue weighted by atomic mass is 9.98. The summed E-state index contributed by atoms with van der Waals surface area (Å²) in [6.07, 6.45) is 4.59. The Morgan fingerprint density at radius 2 is 2.08 bits per heavy atom. The third-order valence-corrected chi connectivity index (χ3v) is 4.27. The van der Waals surface area contributed by atoms with Crippen molar-refractivity contribution in [2.75, 3.05) is 17.2 Å². The Bertz CT molecular complexity index is 911. The number of amides is 1. The maximum absolute atomic E-state index is 12.5. The van der Waals surface area contributed by atoms with Crippen LogP contribution in [0.1, 0.15) is 37.6 Å². The monoisotopic (exact) mass is 414 g/mol. The van der Waals surface area contributed by atoms with Crippen LogP contribution in [0.5, 0.6) is 0 Å². The molecule has 1 amide bonds. The highest BCUT2D eigenvalue weighted by Gasteiger charge is 2.27. The average molecular weight is 415 g/mol. The molecule has 0 fully saturated rings. The number of alkyl halides is 1. The molecule has 8 heteroatoms. The maximum atomic E-state index is 12.5. The van der Waals surface area contributed by atoms with Gasteiger partial charge in [0.1, 0.15) is 12.0 Å². The quantitative estimate of drug-likeness (QED) is 0.555. The third kappa shape index (κ3) is 3.85. The van der Waals surface area contributed by atoms with Crippen molar-refractivity contribution < 1.29 is 14.4 Å². The van der Waals surface area contributed by atoms with E-state index in [2.05, 4.69) is 36.5 Å². The van der Waals surface area contributed by atoms with Crippen molar-refractivity contribution in [1.29, 1.82) is 0 Å². The van der Waals surface area contributed by atoms with Crippen LogP contribution in [-0.2, 0) is 0 Å². The lowest BCUT2D eigenvalue weighted by Gasteiger charge is -2.15. The zero-order valence-electron chi connectivity index (χ0n) is 13.7. The number of carbonyl (C=O) groups is 3. The lowest BCUT2D eigenvalue weighted by Crippen LogP contribution is -2.25. The van der Waals surface area contributed by atoms with Gasteiger partial charge in [0.25, 0.3) is 5.91 Å². The number of halogens is 1. The molecule has 0 spiro atoms. The second kappa shape index (κ2) is 8.01. The van der Waals surface area contributed by atoms with E-state index in [1.165, 1.54) is 18.6 Å². The van der Waals surface area contributed by atoms with Gasteiger partial charge in [0.15, 0.2) is 0 Å². The number of benzene rings is 1. The molecular weight excluding hydrogens is 400 g/mol. The van der Waals surface area contributed by atoms with Crippen molar-refractivity contribution in [1.82, 2.24) is 15.3 Å². The van der Waals surface area contributed by atoms with E-state index in [1.807, 2.05) is 0 Å². The second-order valence-corrected chi connectivity index (χ2v) is 6.33. The van der Waals surface area contributed by atoms with Crippen molar-refractivity contribution in [3.05, 3.63) is 65.4 Å². The van der Waals surface area contributed by atoms with E-state index in [-0.39, 0.29) is 34.4 Å². The lowest BCUT2D eigenvalue weighted by molar-refractivity contribution is 0.0953. The van der Waals surface area contributed by atoms with Gasteiger partial charge in [-0.05, 0) is 24.6 Å². The predicted octanol–water partition coefficient (Wildman–Crippen LogP) is 2.37. The molecule has 0 bridgehead atoms. The van der Waals surface area contributed by atoms with Crippen molar-refractivity contribution in [3.8, 4) is 0 Å². The minimum absolute atomic E-state index is 0.0930. The summed E-state index contributed by atoms with van der Waals surface area (Å²) in [6.45, 7) is 0.566. The molecular formula is C18H15BrN4O3. The normalized spacial score (nSPS) is 13.0. The third-order valence-electron chi connectivity index (χ3n) is 3.71. The van der Waals surface area contributed by atoms with Gasteiger partial charge in [0.05, 0.1) is 11.3 Å². The predicted molar refractivity (Wildman–Crippen MR) is 99.6 cm³/mol. The number of hydrogen-bond donors (Lipinski definition) is 2. The van der Waals surface area contributed by atoms with Crippen LogP contribution in [0.2, 0.25) is 0 Å². The van der Waals surface area contributed by atoms with Crippen LogP contribution >= 0.6 is 15.9 Å². The van der Waals surface area contributed by atoms with Gasteiger partial charge in [0, 0.05) is 35.4 Å². The van der Waals surface area contributed by atoms with E-state index >= 15 is 0 Å². The molecule has 1 aromatic carbocycles. The van der Waals surface area contributed by atoms with Crippen LogP contribution in [0.25, 0.3) is 0 Å². The van der Waals surface area contributed by atoms with Gasteiger partial charge in [-0.2, -0.15) is 0 Å². The summed E-state index contributed by atoms with van der Waals surface area (Å²) in [5, 5.41) is 6.53. The summed E-state index contributed by atoms with van der Waals surface area (Å²) in [4.78, 5) is 44.4. The molecule has 3 rings (SSSR count). The van der Waals surface area contributed by atoms with Gasteiger partial charge in [-0.3, -0.25) is 14.4 Å². The largest absolute Gasteiger partial charge is 0.352 e. The Hall–Kier alpha value is -2.87. The van der Waals surface area contributed by atoms with E-state index in [1.54, 1.807) is 24.3 Å². The molecule has 1 aliphatic carbocycles. The first kappa shape index (κ1) is 17.9. The second-order valence-electron chi connectivity index (χ2n) is 5.54. The minimum atomic E-state index is -0.368. The van der Waals surface area contributed by atoms with E-state index in [0.717, 1.165) is 11.8 Å². The van der Waals surface area contributed by atoms with Crippen LogP contribution in [0.4, 0.5) is 5.69 Å². The summed E-state index contributed by atoms with van der Waals surface area (Å²) in [7, 11) is 0. The summed E-state index contributed by atoms with van der Waals surface area (Å²) >= 11 is 3.31. The average Bonchev–Trinajstić information content (AvgIpc) is 2.66. The van der Waals surface area contributed by atoms with Gasteiger partial charge < -0.3 is 10.6 Å². The van der Waals surface area contributed by atoms with Crippen molar-refractivity contribution in [3.63, 3.8) is 0 Å². The first-order valence-electron chi connectivity index (χ1n) is 7.92. The summed E-state index contributed by atoms with van der Waals surface area (Å²) < 4.78 is 0. The molecule has 132 valence electrons. The number of rotatable bonds is 6. The Balaban J connectivity index is 1.78. The van der Waals surface area contributed by atoms with Crippen molar-refractivity contribution in [2.45, 2.75) is 6.42 Å².